The van der Waals surface area contributed by atoms with Gasteiger partial charge in [-0.15, -0.1) is 0 Å². The zero-order chi connectivity index (χ0) is 17.0. The van der Waals surface area contributed by atoms with E-state index < -0.39 is 34.7 Å². The van der Waals surface area contributed by atoms with E-state index in [0.717, 1.165) is 18.4 Å². The van der Waals surface area contributed by atoms with Gasteiger partial charge in [-0.3, -0.25) is 0 Å². The Balaban J connectivity index is 1.84. The van der Waals surface area contributed by atoms with Gasteiger partial charge in [-0.2, -0.15) is 0 Å². The van der Waals surface area contributed by atoms with Gasteiger partial charge in [0.25, 0.3) is 0 Å². The fourth-order valence-electron chi connectivity index (χ4n) is 4.90. The molecular formula is C17H25NO5. The Bertz CT molecular complexity index is 578. The topological polar surface area (TPSA) is 95.9 Å². The van der Waals surface area contributed by atoms with Crippen molar-refractivity contribution in [2.45, 2.75) is 70.1 Å². The second kappa shape index (κ2) is 4.97. The number of rotatable bonds is 3. The quantitative estimate of drug-likeness (QED) is 0.692. The van der Waals surface area contributed by atoms with Crippen molar-refractivity contribution in [2.75, 3.05) is 0 Å². The lowest BCUT2D eigenvalue weighted by molar-refractivity contribution is -0.150. The molecule has 4 rings (SSSR count). The van der Waals surface area contributed by atoms with Gasteiger partial charge in [0.15, 0.2) is 0 Å². The number of carbonyl (C=O) groups excluding carboxylic acids is 1. The van der Waals surface area contributed by atoms with Crippen molar-refractivity contribution in [3.8, 4) is 0 Å². The summed E-state index contributed by atoms with van der Waals surface area (Å²) >= 11 is 0. The molecule has 2 saturated carbocycles. The third-order valence-corrected chi connectivity index (χ3v) is 5.12. The summed E-state index contributed by atoms with van der Waals surface area (Å²) in [4.78, 5) is 23.9. The molecule has 0 aromatic carbocycles. The lowest BCUT2D eigenvalue weighted by Crippen LogP contribution is -2.62. The van der Waals surface area contributed by atoms with Crippen LogP contribution < -0.4 is 5.32 Å². The van der Waals surface area contributed by atoms with Crippen LogP contribution in [0.3, 0.4) is 0 Å². The molecule has 6 nitrogen and oxygen atoms in total. The van der Waals surface area contributed by atoms with Gasteiger partial charge in [0.05, 0.1) is 5.60 Å². The number of alkyl carbamates (subject to hydrolysis) is 1. The molecule has 4 bridgehead atoms. The fourth-order valence-corrected chi connectivity index (χ4v) is 4.90. The highest BCUT2D eigenvalue weighted by Crippen LogP contribution is 2.60. The number of amides is 1. The van der Waals surface area contributed by atoms with Gasteiger partial charge in [0, 0.05) is 5.41 Å². The van der Waals surface area contributed by atoms with Gasteiger partial charge in [-0.1, -0.05) is 11.6 Å². The van der Waals surface area contributed by atoms with Crippen molar-refractivity contribution >= 4 is 12.1 Å². The summed E-state index contributed by atoms with van der Waals surface area (Å²) < 4.78 is 5.22. The van der Waals surface area contributed by atoms with Crippen LogP contribution >= 0.6 is 0 Å². The molecule has 0 heterocycles. The van der Waals surface area contributed by atoms with Crippen LogP contribution in [0.15, 0.2) is 11.6 Å². The van der Waals surface area contributed by atoms with Gasteiger partial charge in [-0.05, 0) is 58.8 Å². The van der Waals surface area contributed by atoms with E-state index in [-0.39, 0.29) is 0 Å². The van der Waals surface area contributed by atoms with Crippen molar-refractivity contribution in [2.24, 2.45) is 11.3 Å². The minimum atomic E-state index is -1.07. The second-order valence-corrected chi connectivity index (χ2v) is 8.52. The molecule has 0 saturated heterocycles. The third-order valence-electron chi connectivity index (χ3n) is 5.12. The van der Waals surface area contributed by atoms with Crippen LogP contribution in [-0.2, 0) is 9.53 Å². The van der Waals surface area contributed by atoms with Crippen LogP contribution in [0, 0.1) is 11.3 Å². The Morgan fingerprint density at radius 2 is 2.09 bits per heavy atom. The van der Waals surface area contributed by atoms with E-state index in [1.807, 2.05) is 6.08 Å². The number of carboxylic acid groups (broad SMARTS) is 1. The Hall–Kier alpha value is -1.56. The van der Waals surface area contributed by atoms with E-state index in [1.165, 1.54) is 0 Å². The predicted molar refractivity (Wildman–Crippen MR) is 82.8 cm³/mol. The summed E-state index contributed by atoms with van der Waals surface area (Å²) in [7, 11) is 0. The molecule has 23 heavy (non-hydrogen) atoms. The Kier molecular flexibility index (Phi) is 3.52. The average Bonchev–Trinajstić information content (AvgIpc) is 2.29. The van der Waals surface area contributed by atoms with E-state index in [0.29, 0.717) is 25.2 Å². The normalized spacial score (nSPS) is 36.3. The summed E-state index contributed by atoms with van der Waals surface area (Å²) in [5, 5.41) is 22.9. The molecular weight excluding hydrogens is 298 g/mol. The Morgan fingerprint density at radius 3 is 2.61 bits per heavy atom. The molecule has 2 fully saturated rings. The van der Waals surface area contributed by atoms with Crippen LogP contribution in [0.2, 0.25) is 0 Å². The van der Waals surface area contributed by atoms with Crippen LogP contribution in [-0.4, -0.2) is 39.5 Å². The summed E-state index contributed by atoms with van der Waals surface area (Å²) in [5.41, 5.74) is -1.10. The molecule has 4 aliphatic rings. The SMILES string of the molecule is CC(C)(C)OC(=O)N[C@H](C(=O)O)C12CC3=CC(O)(CC(C3)C1)C2. The standard InChI is InChI=1S/C17H25NO5/c1-15(2,3)23-14(21)18-12(13(19)20)16-5-10-4-11(6-16)8-17(22,7-10)9-16/h7,11-12,22H,4-6,8-9H2,1-3H3,(H,18,21)(H,19,20)/t11?,12-,16?,17?/m1/s1. The predicted octanol–water partition coefficient (Wildman–Crippen LogP) is 2.22. The van der Waals surface area contributed by atoms with Crippen molar-refractivity contribution in [3.05, 3.63) is 11.6 Å². The number of hydrogen-bond acceptors (Lipinski definition) is 4. The summed E-state index contributed by atoms with van der Waals surface area (Å²) in [6.45, 7) is 5.21. The number of aliphatic hydroxyl groups is 1. The van der Waals surface area contributed by atoms with Crippen LogP contribution in [0.4, 0.5) is 4.79 Å². The average molecular weight is 323 g/mol. The zero-order valence-electron chi connectivity index (χ0n) is 13.9. The number of nitrogens with one attached hydrogen (secondary N) is 1. The van der Waals surface area contributed by atoms with Crippen molar-refractivity contribution in [1.29, 1.82) is 0 Å². The zero-order valence-corrected chi connectivity index (χ0v) is 13.9. The second-order valence-electron chi connectivity index (χ2n) is 8.52. The molecule has 0 aliphatic heterocycles. The summed E-state index contributed by atoms with van der Waals surface area (Å²) in [6.07, 6.45) is 4.54. The van der Waals surface area contributed by atoms with Crippen molar-refractivity contribution in [3.63, 3.8) is 0 Å². The van der Waals surface area contributed by atoms with Gasteiger partial charge in [0.1, 0.15) is 11.6 Å². The summed E-state index contributed by atoms with van der Waals surface area (Å²) in [5.74, 6) is -0.771. The molecule has 6 heteroatoms. The monoisotopic (exact) mass is 323 g/mol. The molecule has 3 unspecified atom stereocenters. The molecule has 4 aliphatic carbocycles. The first kappa shape index (κ1) is 16.3. The molecule has 0 aromatic heterocycles. The molecule has 3 N–H and O–H groups in total. The van der Waals surface area contributed by atoms with E-state index in [9.17, 15) is 19.8 Å². The smallest absolute Gasteiger partial charge is 0.408 e. The first-order valence-electron chi connectivity index (χ1n) is 8.16. The maximum atomic E-state index is 12.1. The first-order chi connectivity index (χ1) is 10.5. The molecule has 0 spiro atoms. The van der Waals surface area contributed by atoms with E-state index >= 15 is 0 Å². The summed E-state index contributed by atoms with van der Waals surface area (Å²) in [6, 6.07) is -1.05. The van der Waals surface area contributed by atoms with E-state index in [2.05, 4.69) is 5.32 Å². The number of carboxylic acids is 1. The van der Waals surface area contributed by atoms with Gasteiger partial charge in [-0.25, -0.2) is 9.59 Å². The van der Waals surface area contributed by atoms with E-state index in [4.69, 9.17) is 4.74 Å². The lowest BCUT2D eigenvalue weighted by Gasteiger charge is -2.57. The highest BCUT2D eigenvalue weighted by atomic mass is 16.6. The first-order valence-corrected chi connectivity index (χ1v) is 8.16. The highest BCUT2D eigenvalue weighted by molar-refractivity contribution is 5.81. The minimum absolute atomic E-state index is 0.296. The minimum Gasteiger partial charge on any atom is -0.480 e. The Labute approximate surface area is 135 Å². The number of aliphatic carboxylic acids is 1. The molecule has 0 radical (unpaired) electrons. The highest BCUT2D eigenvalue weighted by Gasteiger charge is 2.58. The Morgan fingerprint density at radius 1 is 1.39 bits per heavy atom. The van der Waals surface area contributed by atoms with E-state index in [1.54, 1.807) is 20.8 Å². The van der Waals surface area contributed by atoms with Crippen LogP contribution in [0.5, 0.6) is 0 Å². The molecule has 0 aromatic rings. The van der Waals surface area contributed by atoms with Crippen LogP contribution in [0.1, 0.15) is 52.9 Å². The number of hydrogen-bond donors (Lipinski definition) is 3. The largest absolute Gasteiger partial charge is 0.480 e. The maximum Gasteiger partial charge on any atom is 0.408 e. The van der Waals surface area contributed by atoms with Gasteiger partial charge in [0.2, 0.25) is 0 Å². The van der Waals surface area contributed by atoms with Crippen molar-refractivity contribution in [1.82, 2.24) is 5.32 Å². The maximum absolute atomic E-state index is 12.1. The number of allylic oxidation sites excluding steroid dienone is 1. The molecule has 1 amide bonds. The number of ether oxygens (including phenoxy) is 1. The number of carbonyl (C=O) groups is 2. The lowest BCUT2D eigenvalue weighted by atomic mass is 9.50. The van der Waals surface area contributed by atoms with Crippen molar-refractivity contribution < 1.29 is 24.5 Å². The van der Waals surface area contributed by atoms with Gasteiger partial charge >= 0.3 is 12.1 Å². The molecule has 4 atom stereocenters. The third kappa shape index (κ3) is 3.09. The van der Waals surface area contributed by atoms with Gasteiger partial charge < -0.3 is 20.3 Å². The molecule has 128 valence electrons. The fraction of sp³-hybridized carbons (Fsp3) is 0.765. The van der Waals surface area contributed by atoms with Crippen LogP contribution in [0.25, 0.3) is 0 Å².